The van der Waals surface area contributed by atoms with E-state index in [4.69, 9.17) is 0 Å². The molecule has 0 saturated carbocycles. The molecule has 2 unspecified atom stereocenters. The van der Waals surface area contributed by atoms with E-state index in [1.165, 1.54) is 0 Å². The van der Waals surface area contributed by atoms with Gasteiger partial charge in [0.25, 0.3) is 0 Å². The third kappa shape index (κ3) is 6.08. The van der Waals surface area contributed by atoms with Crippen LogP contribution in [0.4, 0.5) is 52.7 Å². The summed E-state index contributed by atoms with van der Waals surface area (Å²) < 4.78 is 171. The van der Waals surface area contributed by atoms with Gasteiger partial charge >= 0.3 is 310 Å². The Labute approximate surface area is 308 Å². The summed E-state index contributed by atoms with van der Waals surface area (Å²) in [5.74, 6) is 0. The fourth-order valence-electron chi connectivity index (χ4n) is 9.36. The number of hydrogen-bond acceptors (Lipinski definition) is 0. The Morgan fingerprint density at radius 3 is 1.09 bits per heavy atom. The summed E-state index contributed by atoms with van der Waals surface area (Å²) in [6.07, 6.45) is -16.1. The van der Waals surface area contributed by atoms with E-state index < -0.39 is 75.0 Å². The summed E-state index contributed by atoms with van der Waals surface area (Å²) in [4.78, 5) is 0. The summed E-state index contributed by atoms with van der Waals surface area (Å²) in [5.41, 5.74) is -2.64. The van der Waals surface area contributed by atoms with Crippen molar-refractivity contribution in [3.05, 3.63) is 128 Å². The molecule has 284 valence electrons. The maximum absolute atomic E-state index is 13.9. The van der Waals surface area contributed by atoms with Crippen molar-refractivity contribution in [2.75, 3.05) is 0 Å². The average molecular weight is 947 g/mol. The summed E-state index contributed by atoms with van der Waals surface area (Å²) in [6, 6.07) is 14.8. The van der Waals surface area contributed by atoms with E-state index in [0.29, 0.717) is 23.2 Å². The SMILES string of the molecule is CC[Si]1(CC)C2=Cc3c(-c4cc(C(F)(F)F)cc(C(F)(F)F)c4)cccc3[CH]2[Hf]([CH3])([CH3])[CH]2C1=Cc1c(-c3cc(C(F)(F)F)cc(C(F)(F)F)c3)cccc12. The van der Waals surface area contributed by atoms with Gasteiger partial charge in [0.1, 0.15) is 0 Å². The molecule has 2 aliphatic carbocycles. The van der Waals surface area contributed by atoms with E-state index in [1.54, 1.807) is 24.3 Å². The zero-order valence-corrected chi connectivity index (χ0v) is 33.8. The molecule has 0 bridgehead atoms. The topological polar surface area (TPSA) is 0 Å². The van der Waals surface area contributed by atoms with Crippen LogP contribution in [0.5, 0.6) is 0 Å². The normalized spacial score (nSPS) is 20.1. The number of fused-ring (bicyclic) bond motifs is 6. The van der Waals surface area contributed by atoms with Gasteiger partial charge in [0.05, 0.1) is 0 Å². The van der Waals surface area contributed by atoms with E-state index in [2.05, 4.69) is 9.36 Å². The monoisotopic (exact) mass is 948 g/mol. The number of allylic oxidation sites excluding steroid dienone is 2. The maximum atomic E-state index is 13.9. The Hall–Kier alpha value is -3.39. The molecule has 1 heterocycles. The van der Waals surface area contributed by atoms with Gasteiger partial charge in [0.2, 0.25) is 0 Å². The summed E-state index contributed by atoms with van der Waals surface area (Å²) in [5, 5.41) is 2.28. The van der Waals surface area contributed by atoms with Gasteiger partial charge in [-0.05, 0) is 0 Å². The van der Waals surface area contributed by atoms with Crippen LogP contribution in [-0.2, 0) is 44.7 Å². The molecule has 0 N–H and O–H groups in total. The fourth-order valence-corrected chi connectivity index (χ4v) is 41.3. The van der Waals surface area contributed by atoms with Crippen LogP contribution in [0, 0.1) is 0 Å². The van der Waals surface area contributed by atoms with Gasteiger partial charge < -0.3 is 0 Å². The second-order valence-electron chi connectivity index (χ2n) is 14.9. The van der Waals surface area contributed by atoms with Gasteiger partial charge in [-0.25, -0.2) is 0 Å². The predicted octanol–water partition coefficient (Wildman–Crippen LogP) is 14.5. The molecule has 1 saturated heterocycles. The summed E-state index contributed by atoms with van der Waals surface area (Å²) in [6.45, 7) is 4.08. The number of hydrogen-bond donors (Lipinski definition) is 0. The van der Waals surface area contributed by atoms with Crippen LogP contribution < -0.4 is 0 Å². The molecule has 3 aliphatic rings. The van der Waals surface area contributed by atoms with Crippen LogP contribution in [-0.4, -0.2) is 8.07 Å². The minimum absolute atomic E-state index is 0.103. The van der Waals surface area contributed by atoms with E-state index in [9.17, 15) is 52.7 Å². The Bertz CT molecular complexity index is 2030. The first-order valence-corrected chi connectivity index (χ1v) is 31.0. The first-order valence-electron chi connectivity index (χ1n) is 17.2. The standard InChI is InChI=1S/C38H26F12Si.2CH3.Hf/c1-3-51(4-2,29-15-21-7-5-9-31(33(21)19-29)23-11-25(35(39,40)41)17-26(12-23)36(42,43)44)30-16-22-8-6-10-32(34(22)20-30)24-13-27(37(45,46)47)18-28(14-24)38(48,49)50;;;/h5-20H,3-4H2,1-2H3;2*1H3;. The van der Waals surface area contributed by atoms with E-state index in [0.717, 1.165) is 45.8 Å². The van der Waals surface area contributed by atoms with E-state index >= 15 is 0 Å². The second-order valence-corrected chi connectivity index (χ2v) is 36.9. The van der Waals surface area contributed by atoms with Crippen molar-refractivity contribution < 1.29 is 72.7 Å². The molecule has 2 atom stereocenters. The number of rotatable bonds is 4. The van der Waals surface area contributed by atoms with Gasteiger partial charge in [0.15, 0.2) is 0 Å². The molecule has 0 aromatic heterocycles. The van der Waals surface area contributed by atoms with Crippen molar-refractivity contribution in [1.82, 2.24) is 0 Å². The van der Waals surface area contributed by atoms with Gasteiger partial charge in [-0.3, -0.25) is 0 Å². The number of benzene rings is 4. The molecule has 0 nitrogen and oxygen atoms in total. The van der Waals surface area contributed by atoms with Crippen molar-refractivity contribution in [2.45, 2.75) is 67.4 Å². The zero-order valence-electron chi connectivity index (χ0n) is 29.2. The van der Waals surface area contributed by atoms with Gasteiger partial charge in [-0.2, -0.15) is 0 Å². The van der Waals surface area contributed by atoms with Crippen LogP contribution in [0.1, 0.15) is 65.7 Å². The zero-order chi connectivity index (χ0) is 39.6. The molecule has 1 fully saturated rings. The first-order chi connectivity index (χ1) is 24.9. The number of halogens is 12. The predicted molar refractivity (Wildman–Crippen MR) is 184 cm³/mol. The van der Waals surface area contributed by atoms with Crippen LogP contribution in [0.3, 0.4) is 0 Å². The van der Waals surface area contributed by atoms with Gasteiger partial charge in [-0.1, -0.05) is 0 Å². The molecule has 0 spiro atoms. The Kier molecular flexibility index (Phi) is 9.04. The number of alkyl halides is 12. The molecule has 14 heteroatoms. The molecule has 0 radical (unpaired) electrons. The minimum atomic E-state index is -5.02. The molecule has 1 aliphatic heterocycles. The van der Waals surface area contributed by atoms with Crippen molar-refractivity contribution in [3.8, 4) is 22.3 Å². The quantitative estimate of drug-likeness (QED) is 0.141. The van der Waals surface area contributed by atoms with Crippen LogP contribution in [0.15, 0.2) is 83.2 Å². The van der Waals surface area contributed by atoms with E-state index in [-0.39, 0.29) is 41.7 Å². The fraction of sp³-hybridized carbons (Fsp3) is 0.300. The Balaban J connectivity index is 1.45. The molecule has 54 heavy (non-hydrogen) atoms. The molecule has 7 rings (SSSR count). The second kappa shape index (κ2) is 12.6. The Morgan fingerprint density at radius 2 is 0.815 bits per heavy atom. The van der Waals surface area contributed by atoms with Gasteiger partial charge in [0, 0.05) is 0 Å². The molecular weight excluding hydrogens is 915 g/mol. The summed E-state index contributed by atoms with van der Waals surface area (Å²) in [7, 11) is -2.73. The van der Waals surface area contributed by atoms with Crippen molar-refractivity contribution >= 4 is 20.2 Å². The third-order valence-corrected chi connectivity index (χ3v) is 34.4. The first kappa shape index (κ1) is 38.9. The average Bonchev–Trinajstić information content (AvgIpc) is 3.68. The molecule has 4 aromatic rings. The molecule has 4 aromatic carbocycles. The third-order valence-electron chi connectivity index (χ3n) is 11.7. The Morgan fingerprint density at radius 1 is 0.500 bits per heavy atom. The van der Waals surface area contributed by atoms with Crippen LogP contribution >= 0.6 is 0 Å². The van der Waals surface area contributed by atoms with Crippen molar-refractivity contribution in [2.24, 2.45) is 0 Å². The van der Waals surface area contributed by atoms with Gasteiger partial charge in [-0.15, -0.1) is 0 Å². The van der Waals surface area contributed by atoms with E-state index in [1.807, 2.05) is 38.1 Å². The van der Waals surface area contributed by atoms with Crippen LogP contribution in [0.2, 0.25) is 21.4 Å². The molecular formula is C40H32F12HfSi. The summed E-state index contributed by atoms with van der Waals surface area (Å²) >= 11 is -3.92. The van der Waals surface area contributed by atoms with Crippen molar-refractivity contribution in [3.63, 3.8) is 0 Å². The van der Waals surface area contributed by atoms with Crippen molar-refractivity contribution in [1.29, 1.82) is 0 Å². The van der Waals surface area contributed by atoms with Crippen LogP contribution in [0.25, 0.3) is 34.4 Å². The molecule has 0 amide bonds.